The average Bonchev–Trinajstić information content (AvgIpc) is 2.41. The molecule has 0 aromatic rings. The SMILES string of the molecule is CCC(=O)OCC(=O)OCOC(=O)COC(=O)CC. The van der Waals surface area contributed by atoms with Crippen LogP contribution in [0.15, 0.2) is 0 Å². The molecule has 0 heterocycles. The van der Waals surface area contributed by atoms with Crippen molar-refractivity contribution in [3.05, 3.63) is 0 Å². The van der Waals surface area contributed by atoms with E-state index in [4.69, 9.17) is 0 Å². The summed E-state index contributed by atoms with van der Waals surface area (Å²) in [6, 6.07) is 0. The predicted molar refractivity (Wildman–Crippen MR) is 59.6 cm³/mol. The van der Waals surface area contributed by atoms with E-state index in [1.165, 1.54) is 0 Å². The van der Waals surface area contributed by atoms with Crippen LogP contribution in [0.5, 0.6) is 0 Å². The van der Waals surface area contributed by atoms with Crippen LogP contribution in [0.25, 0.3) is 0 Å². The summed E-state index contributed by atoms with van der Waals surface area (Å²) in [5.41, 5.74) is 0. The lowest BCUT2D eigenvalue weighted by Crippen LogP contribution is -2.21. The van der Waals surface area contributed by atoms with Crippen LogP contribution in [-0.4, -0.2) is 43.9 Å². The van der Waals surface area contributed by atoms with Gasteiger partial charge >= 0.3 is 23.9 Å². The lowest BCUT2D eigenvalue weighted by molar-refractivity contribution is -0.177. The van der Waals surface area contributed by atoms with Crippen molar-refractivity contribution in [3.8, 4) is 0 Å². The largest absolute Gasteiger partial charge is 0.454 e. The average molecular weight is 276 g/mol. The molecule has 0 rings (SSSR count). The molecule has 8 heteroatoms. The molecule has 0 fully saturated rings. The zero-order valence-electron chi connectivity index (χ0n) is 10.8. The van der Waals surface area contributed by atoms with Gasteiger partial charge in [0, 0.05) is 12.8 Å². The van der Waals surface area contributed by atoms with E-state index in [0.717, 1.165) is 0 Å². The number of carbonyl (C=O) groups excluding carboxylic acids is 4. The van der Waals surface area contributed by atoms with Gasteiger partial charge in [-0.3, -0.25) is 9.59 Å². The van der Waals surface area contributed by atoms with Crippen LogP contribution in [0.4, 0.5) is 0 Å². The van der Waals surface area contributed by atoms with Gasteiger partial charge in [0.15, 0.2) is 13.2 Å². The minimum atomic E-state index is -0.847. The van der Waals surface area contributed by atoms with Gasteiger partial charge in [0.05, 0.1) is 0 Å². The minimum Gasteiger partial charge on any atom is -0.454 e. The minimum absolute atomic E-state index is 0.144. The first-order chi connectivity index (χ1) is 8.99. The van der Waals surface area contributed by atoms with Gasteiger partial charge < -0.3 is 18.9 Å². The Bertz CT molecular complexity index is 304. The van der Waals surface area contributed by atoms with Crippen molar-refractivity contribution < 1.29 is 38.1 Å². The van der Waals surface area contributed by atoms with Crippen LogP contribution in [0.3, 0.4) is 0 Å². The van der Waals surface area contributed by atoms with Gasteiger partial charge in [0.25, 0.3) is 0 Å². The Morgan fingerprint density at radius 2 is 1.00 bits per heavy atom. The second-order valence-electron chi connectivity index (χ2n) is 3.18. The van der Waals surface area contributed by atoms with Gasteiger partial charge in [0.2, 0.25) is 6.79 Å². The van der Waals surface area contributed by atoms with E-state index in [-0.39, 0.29) is 12.8 Å². The summed E-state index contributed by atoms with van der Waals surface area (Å²) in [5, 5.41) is 0. The van der Waals surface area contributed by atoms with Crippen LogP contribution < -0.4 is 0 Å². The van der Waals surface area contributed by atoms with Crippen LogP contribution in [0.2, 0.25) is 0 Å². The van der Waals surface area contributed by atoms with Crippen molar-refractivity contribution in [2.24, 2.45) is 0 Å². The third kappa shape index (κ3) is 9.57. The van der Waals surface area contributed by atoms with E-state index in [9.17, 15) is 19.2 Å². The van der Waals surface area contributed by atoms with Crippen molar-refractivity contribution in [1.82, 2.24) is 0 Å². The molecule has 19 heavy (non-hydrogen) atoms. The Morgan fingerprint density at radius 1 is 0.632 bits per heavy atom. The summed E-state index contributed by atoms with van der Waals surface area (Å²) in [6.07, 6.45) is 0.288. The van der Waals surface area contributed by atoms with Gasteiger partial charge in [-0.1, -0.05) is 13.8 Å². The molecule has 0 aliphatic rings. The third-order valence-corrected chi connectivity index (χ3v) is 1.72. The molecule has 0 bridgehead atoms. The van der Waals surface area contributed by atoms with Crippen LogP contribution >= 0.6 is 0 Å². The fraction of sp³-hybridized carbons (Fsp3) is 0.636. The van der Waals surface area contributed by atoms with Gasteiger partial charge in [-0.05, 0) is 0 Å². The van der Waals surface area contributed by atoms with Crippen LogP contribution in [-0.2, 0) is 38.1 Å². The molecule has 0 aromatic heterocycles. The fourth-order valence-electron chi connectivity index (χ4n) is 0.727. The summed E-state index contributed by atoms with van der Waals surface area (Å²) in [4.78, 5) is 43.4. The van der Waals surface area contributed by atoms with Crippen LogP contribution in [0, 0.1) is 0 Å². The maximum atomic E-state index is 11.0. The molecule has 0 unspecified atom stereocenters. The lowest BCUT2D eigenvalue weighted by atomic mass is 10.5. The van der Waals surface area contributed by atoms with Gasteiger partial charge in [-0.25, -0.2) is 9.59 Å². The molecule has 0 amide bonds. The number of carbonyl (C=O) groups is 4. The smallest absolute Gasteiger partial charge is 0.347 e. The Kier molecular flexibility index (Phi) is 8.76. The van der Waals surface area contributed by atoms with E-state index in [2.05, 4.69) is 18.9 Å². The van der Waals surface area contributed by atoms with Crippen molar-refractivity contribution in [2.75, 3.05) is 20.0 Å². The number of ether oxygens (including phenoxy) is 4. The van der Waals surface area contributed by atoms with Gasteiger partial charge in [0.1, 0.15) is 0 Å². The predicted octanol–water partition coefficient (Wildman–Crippen LogP) is -0.0633. The highest BCUT2D eigenvalue weighted by Crippen LogP contribution is 1.90. The standard InChI is InChI=1S/C11H16O8/c1-3-8(12)16-5-10(14)18-7-19-11(15)6-17-9(13)4-2/h3-7H2,1-2H3. The first kappa shape index (κ1) is 16.9. The zero-order valence-corrected chi connectivity index (χ0v) is 10.8. The first-order valence-electron chi connectivity index (χ1n) is 5.62. The normalized spacial score (nSPS) is 9.37. The molecule has 0 radical (unpaired) electrons. The van der Waals surface area contributed by atoms with E-state index in [1.807, 2.05) is 0 Å². The van der Waals surface area contributed by atoms with E-state index in [1.54, 1.807) is 13.8 Å². The fourth-order valence-corrected chi connectivity index (χ4v) is 0.727. The highest BCUT2D eigenvalue weighted by Gasteiger charge is 2.10. The summed E-state index contributed by atoms with van der Waals surface area (Å²) < 4.78 is 17.8. The zero-order chi connectivity index (χ0) is 14.7. The Hall–Kier alpha value is -2.12. The van der Waals surface area contributed by atoms with Crippen molar-refractivity contribution in [1.29, 1.82) is 0 Å². The summed E-state index contributed by atoms with van der Waals surface area (Å²) in [5.74, 6) is -2.78. The summed E-state index contributed by atoms with van der Waals surface area (Å²) >= 11 is 0. The second-order valence-corrected chi connectivity index (χ2v) is 3.18. The summed E-state index contributed by atoms with van der Waals surface area (Å²) in [7, 11) is 0. The van der Waals surface area contributed by atoms with Crippen molar-refractivity contribution in [2.45, 2.75) is 26.7 Å². The van der Waals surface area contributed by atoms with Crippen LogP contribution in [0.1, 0.15) is 26.7 Å². The molecule has 0 saturated carbocycles. The highest BCUT2D eigenvalue weighted by molar-refractivity contribution is 5.77. The molecule has 0 saturated heterocycles. The quantitative estimate of drug-likeness (QED) is 0.345. The molecule has 0 aliphatic heterocycles. The van der Waals surface area contributed by atoms with E-state index < -0.39 is 43.9 Å². The highest BCUT2D eigenvalue weighted by atomic mass is 16.7. The van der Waals surface area contributed by atoms with E-state index >= 15 is 0 Å². The number of esters is 4. The number of rotatable bonds is 8. The topological polar surface area (TPSA) is 105 Å². The molecular weight excluding hydrogens is 260 g/mol. The van der Waals surface area contributed by atoms with Gasteiger partial charge in [-0.2, -0.15) is 0 Å². The van der Waals surface area contributed by atoms with Gasteiger partial charge in [-0.15, -0.1) is 0 Å². The monoisotopic (exact) mass is 276 g/mol. The molecule has 0 aromatic carbocycles. The molecule has 108 valence electrons. The first-order valence-corrected chi connectivity index (χ1v) is 5.62. The number of hydrogen-bond donors (Lipinski definition) is 0. The maximum absolute atomic E-state index is 11.0. The molecule has 8 nitrogen and oxygen atoms in total. The third-order valence-electron chi connectivity index (χ3n) is 1.72. The molecular formula is C11H16O8. The van der Waals surface area contributed by atoms with Crippen molar-refractivity contribution in [3.63, 3.8) is 0 Å². The lowest BCUT2D eigenvalue weighted by Gasteiger charge is -2.07. The second kappa shape index (κ2) is 9.86. The molecule has 0 atom stereocenters. The number of hydrogen-bond acceptors (Lipinski definition) is 8. The maximum Gasteiger partial charge on any atom is 0.347 e. The summed E-state index contributed by atoms with van der Waals surface area (Å²) in [6.45, 7) is 1.43. The Balaban J connectivity index is 3.61. The Labute approximate surface area is 109 Å². The molecule has 0 aliphatic carbocycles. The molecule has 0 spiro atoms. The Morgan fingerprint density at radius 3 is 1.32 bits per heavy atom. The van der Waals surface area contributed by atoms with Crippen molar-refractivity contribution >= 4 is 23.9 Å². The van der Waals surface area contributed by atoms with E-state index in [0.29, 0.717) is 0 Å². The molecule has 0 N–H and O–H groups in total.